The average molecular weight is 228 g/mol. The highest BCUT2D eigenvalue weighted by atomic mass is 16.1. The number of carbonyl (C=O) groups excluding carboxylic acids is 1. The Balaban J connectivity index is 2.24. The lowest BCUT2D eigenvalue weighted by Crippen LogP contribution is -2.15. The Labute approximate surface area is 98.7 Å². The van der Waals surface area contributed by atoms with Gasteiger partial charge >= 0.3 is 0 Å². The summed E-state index contributed by atoms with van der Waals surface area (Å²) in [6.07, 6.45) is 3.13. The second-order valence-corrected chi connectivity index (χ2v) is 3.55. The van der Waals surface area contributed by atoms with Gasteiger partial charge in [-0.1, -0.05) is 6.07 Å². The summed E-state index contributed by atoms with van der Waals surface area (Å²) in [6.45, 7) is 1.80. The minimum absolute atomic E-state index is 0.263. The summed E-state index contributed by atoms with van der Waals surface area (Å²) < 4.78 is 0. The molecule has 3 N–H and O–H groups in total. The number of rotatable bonds is 2. The number of nitrogens with one attached hydrogen (secondary N) is 1. The van der Waals surface area contributed by atoms with Gasteiger partial charge < -0.3 is 5.73 Å². The fraction of sp³-hybridized carbons (Fsp3) is 0.0833. The second-order valence-electron chi connectivity index (χ2n) is 3.55. The van der Waals surface area contributed by atoms with Crippen LogP contribution in [0.25, 0.3) is 0 Å². The Kier molecular flexibility index (Phi) is 3.00. The molecule has 0 saturated carbocycles. The zero-order valence-corrected chi connectivity index (χ0v) is 9.34. The van der Waals surface area contributed by atoms with Crippen molar-refractivity contribution in [2.45, 2.75) is 6.92 Å². The van der Waals surface area contributed by atoms with E-state index >= 15 is 0 Å². The summed E-state index contributed by atoms with van der Waals surface area (Å²) in [4.78, 5) is 19.8. The van der Waals surface area contributed by atoms with Gasteiger partial charge in [-0.2, -0.15) is 0 Å². The van der Waals surface area contributed by atoms with Crippen molar-refractivity contribution in [2.75, 3.05) is 11.1 Å². The maximum absolute atomic E-state index is 11.9. The fourth-order valence-corrected chi connectivity index (χ4v) is 1.43. The molecule has 5 nitrogen and oxygen atoms in total. The van der Waals surface area contributed by atoms with Gasteiger partial charge in [-0.3, -0.25) is 10.1 Å². The SMILES string of the molecule is Cc1c(N)cccc1C(=O)Nc1ncccn1. The summed E-state index contributed by atoms with van der Waals surface area (Å²) in [5, 5.41) is 2.61. The quantitative estimate of drug-likeness (QED) is 0.765. The van der Waals surface area contributed by atoms with Gasteiger partial charge in [-0.05, 0) is 30.7 Å². The van der Waals surface area contributed by atoms with Crippen LogP contribution in [0.2, 0.25) is 0 Å². The Hall–Kier alpha value is -2.43. The van der Waals surface area contributed by atoms with E-state index in [0.29, 0.717) is 11.3 Å². The lowest BCUT2D eigenvalue weighted by molar-refractivity contribution is 0.102. The van der Waals surface area contributed by atoms with E-state index in [1.54, 1.807) is 43.6 Å². The molecular weight excluding hydrogens is 216 g/mol. The number of nitrogens with zero attached hydrogens (tertiary/aromatic N) is 2. The molecule has 0 aliphatic carbocycles. The van der Waals surface area contributed by atoms with Crippen LogP contribution < -0.4 is 11.1 Å². The Bertz CT molecular complexity index is 539. The van der Waals surface area contributed by atoms with Crippen molar-refractivity contribution in [3.05, 3.63) is 47.8 Å². The standard InChI is InChI=1S/C12H12N4O/c1-8-9(4-2-5-10(8)13)11(17)16-12-14-6-3-7-15-12/h2-7H,13H2,1H3,(H,14,15,16,17). The molecule has 1 amide bonds. The molecule has 2 rings (SSSR count). The zero-order chi connectivity index (χ0) is 12.3. The molecule has 0 saturated heterocycles. The normalized spacial score (nSPS) is 9.94. The first-order chi connectivity index (χ1) is 8.18. The lowest BCUT2D eigenvalue weighted by atomic mass is 10.1. The number of hydrogen-bond acceptors (Lipinski definition) is 4. The van der Waals surface area contributed by atoms with Gasteiger partial charge in [-0.25, -0.2) is 9.97 Å². The highest BCUT2D eigenvalue weighted by molar-refractivity contribution is 6.05. The molecule has 5 heteroatoms. The molecule has 1 aromatic carbocycles. The molecule has 1 heterocycles. The van der Waals surface area contributed by atoms with Gasteiger partial charge in [0, 0.05) is 23.6 Å². The van der Waals surface area contributed by atoms with E-state index in [0.717, 1.165) is 5.56 Å². The van der Waals surface area contributed by atoms with Crippen LogP contribution in [-0.2, 0) is 0 Å². The summed E-state index contributed by atoms with van der Waals surface area (Å²) in [5.41, 5.74) is 7.61. The maximum atomic E-state index is 11.9. The topological polar surface area (TPSA) is 80.9 Å². The number of aromatic nitrogens is 2. The fourth-order valence-electron chi connectivity index (χ4n) is 1.43. The van der Waals surface area contributed by atoms with Crippen LogP contribution in [0.5, 0.6) is 0 Å². The molecule has 0 aliphatic rings. The van der Waals surface area contributed by atoms with E-state index in [9.17, 15) is 4.79 Å². The van der Waals surface area contributed by atoms with E-state index in [4.69, 9.17) is 5.73 Å². The molecule has 0 fully saturated rings. The highest BCUT2D eigenvalue weighted by Gasteiger charge is 2.11. The molecule has 17 heavy (non-hydrogen) atoms. The van der Waals surface area contributed by atoms with Crippen LogP contribution in [0.15, 0.2) is 36.7 Å². The van der Waals surface area contributed by atoms with Gasteiger partial charge in [0.15, 0.2) is 0 Å². The number of nitrogens with two attached hydrogens (primary N) is 1. The minimum Gasteiger partial charge on any atom is -0.398 e. The van der Waals surface area contributed by atoms with Crippen LogP contribution >= 0.6 is 0 Å². The van der Waals surface area contributed by atoms with Gasteiger partial charge in [-0.15, -0.1) is 0 Å². The van der Waals surface area contributed by atoms with E-state index in [2.05, 4.69) is 15.3 Å². The van der Waals surface area contributed by atoms with Crippen LogP contribution in [0.3, 0.4) is 0 Å². The first kappa shape index (κ1) is 11.1. The third-order valence-electron chi connectivity index (χ3n) is 2.41. The smallest absolute Gasteiger partial charge is 0.258 e. The third-order valence-corrected chi connectivity index (χ3v) is 2.41. The molecule has 0 bridgehead atoms. The third kappa shape index (κ3) is 2.39. The summed E-state index contributed by atoms with van der Waals surface area (Å²) in [5.74, 6) is 0.0142. The monoisotopic (exact) mass is 228 g/mol. The van der Waals surface area contributed by atoms with Crippen molar-refractivity contribution in [3.8, 4) is 0 Å². The van der Waals surface area contributed by atoms with Gasteiger partial charge in [0.1, 0.15) is 0 Å². The largest absolute Gasteiger partial charge is 0.398 e. The molecule has 0 radical (unpaired) electrons. The van der Waals surface area contributed by atoms with Crippen LogP contribution in [0, 0.1) is 6.92 Å². The summed E-state index contributed by atoms with van der Waals surface area (Å²) in [7, 11) is 0. The van der Waals surface area contributed by atoms with Crippen molar-refractivity contribution in [3.63, 3.8) is 0 Å². The van der Waals surface area contributed by atoms with E-state index < -0.39 is 0 Å². The van der Waals surface area contributed by atoms with Crippen molar-refractivity contribution in [1.29, 1.82) is 0 Å². The van der Waals surface area contributed by atoms with Crippen molar-refractivity contribution >= 4 is 17.5 Å². The molecule has 0 unspecified atom stereocenters. The molecule has 0 aliphatic heterocycles. The van der Waals surface area contributed by atoms with Crippen LogP contribution in [-0.4, -0.2) is 15.9 Å². The van der Waals surface area contributed by atoms with Gasteiger partial charge in [0.25, 0.3) is 5.91 Å². The van der Waals surface area contributed by atoms with Gasteiger partial charge in [0.2, 0.25) is 5.95 Å². The van der Waals surface area contributed by atoms with Crippen molar-refractivity contribution in [2.24, 2.45) is 0 Å². The first-order valence-corrected chi connectivity index (χ1v) is 5.12. The van der Waals surface area contributed by atoms with Crippen LogP contribution in [0.4, 0.5) is 11.6 Å². The highest BCUT2D eigenvalue weighted by Crippen LogP contribution is 2.16. The van der Waals surface area contributed by atoms with E-state index in [1.807, 2.05) is 0 Å². The first-order valence-electron chi connectivity index (χ1n) is 5.12. The number of benzene rings is 1. The lowest BCUT2D eigenvalue weighted by Gasteiger charge is -2.07. The molecule has 1 aromatic heterocycles. The van der Waals surface area contributed by atoms with Crippen molar-refractivity contribution < 1.29 is 4.79 Å². The number of carbonyl (C=O) groups is 1. The number of nitrogen functional groups attached to an aromatic ring is 1. The maximum Gasteiger partial charge on any atom is 0.258 e. The number of amides is 1. The Morgan fingerprint density at radius 2 is 1.94 bits per heavy atom. The second kappa shape index (κ2) is 4.61. The Morgan fingerprint density at radius 1 is 1.24 bits per heavy atom. The molecular formula is C12H12N4O. The summed E-state index contributed by atoms with van der Waals surface area (Å²) >= 11 is 0. The summed E-state index contributed by atoms with van der Waals surface area (Å²) in [6, 6.07) is 6.89. The van der Waals surface area contributed by atoms with Crippen molar-refractivity contribution in [1.82, 2.24) is 9.97 Å². The minimum atomic E-state index is -0.263. The predicted octanol–water partition coefficient (Wildman–Crippen LogP) is 1.62. The molecule has 0 spiro atoms. The average Bonchev–Trinajstić information content (AvgIpc) is 2.34. The number of anilines is 2. The number of hydrogen-bond donors (Lipinski definition) is 2. The molecule has 0 atom stereocenters. The zero-order valence-electron chi connectivity index (χ0n) is 9.34. The predicted molar refractivity (Wildman–Crippen MR) is 65.6 cm³/mol. The van der Waals surface area contributed by atoms with E-state index in [-0.39, 0.29) is 11.9 Å². The van der Waals surface area contributed by atoms with Crippen LogP contribution in [0.1, 0.15) is 15.9 Å². The molecule has 2 aromatic rings. The Morgan fingerprint density at radius 3 is 2.65 bits per heavy atom. The van der Waals surface area contributed by atoms with Gasteiger partial charge in [0.05, 0.1) is 0 Å². The molecule has 86 valence electrons. The van der Waals surface area contributed by atoms with E-state index in [1.165, 1.54) is 0 Å².